The number of nitrogens with zero attached hydrogens (tertiary/aromatic N) is 2. The number of nitrogens with one attached hydrogen (secondary N) is 2. The van der Waals surface area contributed by atoms with Crippen LogP contribution in [0.3, 0.4) is 0 Å². The van der Waals surface area contributed by atoms with Crippen molar-refractivity contribution in [3.63, 3.8) is 0 Å². The van der Waals surface area contributed by atoms with E-state index in [0.717, 1.165) is 12.7 Å². The van der Waals surface area contributed by atoms with Crippen molar-refractivity contribution in [2.24, 2.45) is 7.05 Å². The summed E-state index contributed by atoms with van der Waals surface area (Å²) in [6.45, 7) is 2.56. The molecule has 0 spiro atoms. The number of hydrogen-bond acceptors (Lipinski definition) is 4. The summed E-state index contributed by atoms with van der Waals surface area (Å²) < 4.78 is 26.7. The largest absolute Gasteiger partial charge is 0.352 e. The van der Waals surface area contributed by atoms with Gasteiger partial charge in [0.05, 0.1) is 23.7 Å². The van der Waals surface area contributed by atoms with Gasteiger partial charge in [0.15, 0.2) is 0 Å². The first kappa shape index (κ1) is 15.3. The summed E-state index contributed by atoms with van der Waals surface area (Å²) in [7, 11) is -1.60. The second-order valence-corrected chi connectivity index (χ2v) is 6.63. The molecule has 0 unspecified atom stereocenters. The van der Waals surface area contributed by atoms with Crippen molar-refractivity contribution in [2.45, 2.75) is 13.3 Å². The molecule has 2 heterocycles. The summed E-state index contributed by atoms with van der Waals surface area (Å²) in [5.74, 6) is -0.194. The van der Waals surface area contributed by atoms with Crippen LogP contribution in [0, 0.1) is 0 Å². The highest BCUT2D eigenvalue weighted by molar-refractivity contribution is 7.92. The molecular weight excluding hydrogens is 292 g/mol. The lowest BCUT2D eigenvalue weighted by atomic mass is 10.2. The minimum absolute atomic E-state index is 0.194. The van der Waals surface area contributed by atoms with Crippen LogP contribution in [-0.2, 0) is 17.1 Å². The molecule has 0 aliphatic carbocycles. The average Bonchev–Trinajstić information content (AvgIpc) is 2.71. The van der Waals surface area contributed by atoms with E-state index in [1.165, 1.54) is 6.20 Å². The molecule has 21 heavy (non-hydrogen) atoms. The van der Waals surface area contributed by atoms with Gasteiger partial charge in [-0.25, -0.2) is 13.4 Å². The third-order valence-corrected chi connectivity index (χ3v) is 3.50. The molecular formula is C13H18N4O3S. The van der Waals surface area contributed by atoms with E-state index in [2.05, 4.69) is 15.0 Å². The smallest absolute Gasteiger partial charge is 0.253 e. The van der Waals surface area contributed by atoms with E-state index >= 15 is 0 Å². The molecule has 1 amide bonds. The van der Waals surface area contributed by atoms with Gasteiger partial charge in [-0.05, 0) is 12.5 Å². The maximum Gasteiger partial charge on any atom is 0.253 e. The SMILES string of the molecule is CCCNC(=O)c1cn(C)c2ncc(NS(C)(=O)=O)cc12. The number of carbonyl (C=O) groups is 1. The molecule has 2 rings (SSSR count). The molecule has 0 aliphatic rings. The van der Waals surface area contributed by atoms with E-state index in [1.54, 1.807) is 23.9 Å². The summed E-state index contributed by atoms with van der Waals surface area (Å²) in [6.07, 6.45) is 5.02. The van der Waals surface area contributed by atoms with Gasteiger partial charge in [-0.1, -0.05) is 6.92 Å². The van der Waals surface area contributed by atoms with Crippen molar-refractivity contribution in [2.75, 3.05) is 17.5 Å². The van der Waals surface area contributed by atoms with E-state index in [0.29, 0.717) is 28.8 Å². The fraction of sp³-hybridized carbons (Fsp3) is 0.385. The molecule has 0 bridgehead atoms. The van der Waals surface area contributed by atoms with Crippen LogP contribution >= 0.6 is 0 Å². The quantitative estimate of drug-likeness (QED) is 0.864. The number of sulfonamides is 1. The molecule has 7 nitrogen and oxygen atoms in total. The van der Waals surface area contributed by atoms with Crippen molar-refractivity contribution in [1.29, 1.82) is 0 Å². The molecule has 0 atom stereocenters. The van der Waals surface area contributed by atoms with Crippen molar-refractivity contribution < 1.29 is 13.2 Å². The topological polar surface area (TPSA) is 93.1 Å². The predicted octanol–water partition coefficient (Wildman–Crippen LogP) is 1.08. The van der Waals surface area contributed by atoms with Crippen molar-refractivity contribution in [1.82, 2.24) is 14.9 Å². The number of fused-ring (bicyclic) bond motifs is 1. The summed E-state index contributed by atoms with van der Waals surface area (Å²) in [4.78, 5) is 16.3. The van der Waals surface area contributed by atoms with Gasteiger partial charge in [-0.3, -0.25) is 9.52 Å². The van der Waals surface area contributed by atoms with Crippen LogP contribution in [0.25, 0.3) is 11.0 Å². The lowest BCUT2D eigenvalue weighted by molar-refractivity contribution is 0.0955. The molecule has 0 saturated carbocycles. The van der Waals surface area contributed by atoms with Gasteiger partial charge < -0.3 is 9.88 Å². The minimum atomic E-state index is -3.38. The normalized spacial score (nSPS) is 11.6. The first-order valence-electron chi connectivity index (χ1n) is 6.53. The van der Waals surface area contributed by atoms with Gasteiger partial charge in [0, 0.05) is 25.2 Å². The number of anilines is 1. The Balaban J connectivity index is 2.46. The number of aryl methyl sites for hydroxylation is 1. The lowest BCUT2D eigenvalue weighted by Gasteiger charge is -2.05. The minimum Gasteiger partial charge on any atom is -0.352 e. The fourth-order valence-electron chi connectivity index (χ4n) is 2.05. The lowest BCUT2D eigenvalue weighted by Crippen LogP contribution is -2.23. The van der Waals surface area contributed by atoms with Crippen LogP contribution in [0.4, 0.5) is 5.69 Å². The van der Waals surface area contributed by atoms with E-state index in [-0.39, 0.29) is 5.91 Å². The molecule has 2 aromatic heterocycles. The third-order valence-electron chi connectivity index (χ3n) is 2.90. The highest BCUT2D eigenvalue weighted by atomic mass is 32.2. The summed E-state index contributed by atoms with van der Waals surface area (Å²) in [5.41, 5.74) is 1.43. The Morgan fingerprint density at radius 1 is 1.43 bits per heavy atom. The number of pyridine rings is 1. The average molecular weight is 310 g/mol. The van der Waals surface area contributed by atoms with E-state index in [4.69, 9.17) is 0 Å². The Morgan fingerprint density at radius 3 is 2.76 bits per heavy atom. The predicted molar refractivity (Wildman–Crippen MR) is 81.8 cm³/mol. The van der Waals surface area contributed by atoms with Gasteiger partial charge in [-0.2, -0.15) is 0 Å². The molecule has 114 valence electrons. The van der Waals surface area contributed by atoms with Gasteiger partial charge in [0.1, 0.15) is 5.65 Å². The first-order chi connectivity index (χ1) is 9.81. The monoisotopic (exact) mass is 310 g/mol. The number of aromatic nitrogens is 2. The number of amides is 1. The molecule has 0 radical (unpaired) electrons. The second kappa shape index (κ2) is 5.72. The van der Waals surface area contributed by atoms with Crippen molar-refractivity contribution in [3.8, 4) is 0 Å². The summed E-state index contributed by atoms with van der Waals surface area (Å²) in [6, 6.07) is 1.62. The Labute approximate surface area is 123 Å². The molecule has 0 aromatic carbocycles. The van der Waals surface area contributed by atoms with Crippen LogP contribution in [-0.4, -0.2) is 36.7 Å². The van der Waals surface area contributed by atoms with Crippen LogP contribution in [0.1, 0.15) is 23.7 Å². The number of carbonyl (C=O) groups excluding carboxylic acids is 1. The Kier molecular flexibility index (Phi) is 4.17. The Hall–Kier alpha value is -2.09. The molecule has 2 N–H and O–H groups in total. The third kappa shape index (κ3) is 3.52. The van der Waals surface area contributed by atoms with E-state index in [9.17, 15) is 13.2 Å². The van der Waals surface area contributed by atoms with Gasteiger partial charge >= 0.3 is 0 Å². The fourth-order valence-corrected chi connectivity index (χ4v) is 2.59. The molecule has 0 aliphatic heterocycles. The molecule has 8 heteroatoms. The van der Waals surface area contributed by atoms with Crippen LogP contribution < -0.4 is 10.0 Å². The highest BCUT2D eigenvalue weighted by Crippen LogP contribution is 2.22. The number of hydrogen-bond donors (Lipinski definition) is 2. The Bertz CT molecular complexity index is 780. The summed E-state index contributed by atoms with van der Waals surface area (Å²) in [5, 5.41) is 3.41. The van der Waals surface area contributed by atoms with E-state index in [1.807, 2.05) is 6.92 Å². The maximum absolute atomic E-state index is 12.1. The Morgan fingerprint density at radius 2 is 2.14 bits per heavy atom. The standard InChI is InChI=1S/C13H18N4O3S/c1-4-5-14-13(18)11-8-17(2)12-10(11)6-9(7-15-12)16-21(3,19)20/h6-8,16H,4-5H2,1-3H3,(H,14,18). The zero-order chi connectivity index (χ0) is 15.6. The molecule has 0 saturated heterocycles. The zero-order valence-electron chi connectivity index (χ0n) is 12.2. The molecule has 2 aromatic rings. The van der Waals surface area contributed by atoms with Gasteiger partial charge in [0.25, 0.3) is 5.91 Å². The van der Waals surface area contributed by atoms with Crippen LogP contribution in [0.15, 0.2) is 18.5 Å². The van der Waals surface area contributed by atoms with Crippen molar-refractivity contribution >= 4 is 32.7 Å². The van der Waals surface area contributed by atoms with Gasteiger partial charge in [0.2, 0.25) is 10.0 Å². The summed E-state index contributed by atoms with van der Waals surface area (Å²) >= 11 is 0. The maximum atomic E-state index is 12.1. The second-order valence-electron chi connectivity index (χ2n) is 4.88. The van der Waals surface area contributed by atoms with Crippen LogP contribution in [0.5, 0.6) is 0 Å². The van der Waals surface area contributed by atoms with Crippen LogP contribution in [0.2, 0.25) is 0 Å². The zero-order valence-corrected chi connectivity index (χ0v) is 13.0. The molecule has 0 fully saturated rings. The highest BCUT2D eigenvalue weighted by Gasteiger charge is 2.15. The number of rotatable bonds is 5. The van der Waals surface area contributed by atoms with Crippen molar-refractivity contribution in [3.05, 3.63) is 24.0 Å². The van der Waals surface area contributed by atoms with Gasteiger partial charge in [-0.15, -0.1) is 0 Å². The van der Waals surface area contributed by atoms with E-state index < -0.39 is 10.0 Å². The first-order valence-corrected chi connectivity index (χ1v) is 8.42.